The maximum atomic E-state index is 13.2. The van der Waals surface area contributed by atoms with E-state index in [-0.39, 0.29) is 35.4 Å². The van der Waals surface area contributed by atoms with E-state index in [2.05, 4.69) is 4.98 Å². The molecule has 2 aromatic carbocycles. The SMILES string of the molecule is COc1ccc(C(=O)OC[C@@H](Cn2cnc3c2c(=O)n(C)c(=O)n3C)OC(=O)c2ccc(OC)c(OC)c2)cc1OC. The second kappa shape index (κ2) is 12.5. The third-order valence-electron chi connectivity index (χ3n) is 6.53. The number of methoxy groups -OCH3 is 4. The van der Waals surface area contributed by atoms with Gasteiger partial charge < -0.3 is 33.0 Å². The monoisotopic (exact) mass is 582 g/mol. The highest BCUT2D eigenvalue weighted by Crippen LogP contribution is 2.29. The van der Waals surface area contributed by atoms with Crippen LogP contribution in [0, 0.1) is 0 Å². The first kappa shape index (κ1) is 29.7. The Morgan fingerprint density at radius 2 is 1.33 bits per heavy atom. The van der Waals surface area contributed by atoms with Gasteiger partial charge in [-0.1, -0.05) is 0 Å². The lowest BCUT2D eigenvalue weighted by Gasteiger charge is -2.19. The summed E-state index contributed by atoms with van der Waals surface area (Å²) in [6.45, 7) is -0.500. The predicted molar refractivity (Wildman–Crippen MR) is 149 cm³/mol. The molecule has 222 valence electrons. The van der Waals surface area contributed by atoms with E-state index in [9.17, 15) is 19.2 Å². The molecular weight excluding hydrogens is 552 g/mol. The van der Waals surface area contributed by atoms with Gasteiger partial charge in [-0.25, -0.2) is 19.4 Å². The number of aromatic nitrogens is 4. The first-order chi connectivity index (χ1) is 20.1. The molecule has 0 radical (unpaired) electrons. The van der Waals surface area contributed by atoms with Crippen LogP contribution in [-0.4, -0.2) is 71.8 Å². The highest BCUT2D eigenvalue weighted by Gasteiger charge is 2.24. The lowest BCUT2D eigenvalue weighted by atomic mass is 10.2. The van der Waals surface area contributed by atoms with Gasteiger partial charge in [0.05, 0.1) is 52.4 Å². The largest absolute Gasteiger partial charge is 0.493 e. The molecule has 0 saturated carbocycles. The molecule has 0 fully saturated rings. The molecule has 0 aliphatic carbocycles. The number of esters is 2. The smallest absolute Gasteiger partial charge is 0.338 e. The molecule has 0 N–H and O–H groups in total. The van der Waals surface area contributed by atoms with Gasteiger partial charge in [-0.05, 0) is 36.4 Å². The van der Waals surface area contributed by atoms with Crippen molar-refractivity contribution in [1.29, 1.82) is 0 Å². The van der Waals surface area contributed by atoms with Crippen molar-refractivity contribution in [3.8, 4) is 23.0 Å². The molecule has 0 saturated heterocycles. The molecule has 2 heterocycles. The third kappa shape index (κ3) is 5.77. The van der Waals surface area contributed by atoms with Crippen LogP contribution in [0.4, 0.5) is 0 Å². The zero-order chi connectivity index (χ0) is 30.6. The topological polar surface area (TPSA) is 151 Å². The van der Waals surface area contributed by atoms with Gasteiger partial charge in [-0.2, -0.15) is 0 Å². The minimum atomic E-state index is -1.07. The number of ether oxygens (including phenoxy) is 6. The summed E-state index contributed by atoms with van der Waals surface area (Å²) in [5.74, 6) is 0.0346. The van der Waals surface area contributed by atoms with Crippen molar-refractivity contribution in [3.05, 3.63) is 74.7 Å². The van der Waals surface area contributed by atoms with E-state index in [0.29, 0.717) is 23.0 Å². The van der Waals surface area contributed by atoms with E-state index in [4.69, 9.17) is 28.4 Å². The summed E-state index contributed by atoms with van der Waals surface area (Å²) in [6.07, 6.45) is 0.271. The van der Waals surface area contributed by atoms with Crippen LogP contribution in [0.3, 0.4) is 0 Å². The van der Waals surface area contributed by atoms with Crippen LogP contribution in [0.2, 0.25) is 0 Å². The third-order valence-corrected chi connectivity index (χ3v) is 6.53. The zero-order valence-electron chi connectivity index (χ0n) is 23.9. The van der Waals surface area contributed by atoms with Crippen LogP contribution >= 0.6 is 0 Å². The summed E-state index contributed by atoms with van der Waals surface area (Å²) < 4.78 is 35.8. The highest BCUT2D eigenvalue weighted by atomic mass is 16.6. The number of nitrogens with zero attached hydrogens (tertiary/aromatic N) is 4. The lowest BCUT2D eigenvalue weighted by Crippen LogP contribution is -2.38. The predicted octanol–water partition coefficient (Wildman–Crippen LogP) is 1.55. The van der Waals surface area contributed by atoms with Gasteiger partial charge in [0, 0.05) is 14.1 Å². The Hall–Kier alpha value is -5.27. The van der Waals surface area contributed by atoms with Crippen molar-refractivity contribution >= 4 is 23.1 Å². The standard InChI is InChI=1S/C28H30N4O10/c1-30-24-23(25(33)31(2)28(30)36)32(15-29-24)13-18(42-27(35)17-8-10-20(38-4)22(12-17)40-6)14-41-26(34)16-7-9-19(37-3)21(11-16)39-5/h7-12,15,18H,13-14H2,1-6H3/t18-/m1/s1. The Morgan fingerprint density at radius 3 is 1.88 bits per heavy atom. The number of benzene rings is 2. The molecular formula is C28H30N4O10. The van der Waals surface area contributed by atoms with E-state index < -0.39 is 29.3 Å². The number of carbonyl (C=O) groups is 2. The zero-order valence-corrected chi connectivity index (χ0v) is 23.9. The minimum absolute atomic E-state index is 0.109. The van der Waals surface area contributed by atoms with Gasteiger partial charge in [0.1, 0.15) is 6.61 Å². The Kier molecular flexibility index (Phi) is 8.84. The number of rotatable bonds is 11. The average Bonchev–Trinajstić information content (AvgIpc) is 3.44. The van der Waals surface area contributed by atoms with E-state index >= 15 is 0 Å². The van der Waals surface area contributed by atoms with E-state index in [1.807, 2.05) is 0 Å². The van der Waals surface area contributed by atoms with Crippen LogP contribution in [0.5, 0.6) is 23.0 Å². The molecule has 42 heavy (non-hydrogen) atoms. The van der Waals surface area contributed by atoms with Crippen LogP contribution in [0.1, 0.15) is 20.7 Å². The van der Waals surface area contributed by atoms with Crippen LogP contribution < -0.4 is 30.2 Å². The molecule has 1 atom stereocenters. The van der Waals surface area contributed by atoms with Crippen molar-refractivity contribution in [1.82, 2.24) is 18.7 Å². The van der Waals surface area contributed by atoms with Crippen LogP contribution in [0.15, 0.2) is 52.3 Å². The molecule has 0 aliphatic heterocycles. The Bertz CT molecular complexity index is 1750. The number of hydrogen-bond donors (Lipinski definition) is 0. The van der Waals surface area contributed by atoms with Crippen molar-refractivity contribution < 1.29 is 38.0 Å². The molecule has 0 amide bonds. The fraction of sp³-hybridized carbons (Fsp3) is 0.321. The van der Waals surface area contributed by atoms with Crippen molar-refractivity contribution in [2.45, 2.75) is 12.6 Å². The molecule has 0 unspecified atom stereocenters. The lowest BCUT2D eigenvalue weighted by molar-refractivity contribution is -0.00492. The van der Waals surface area contributed by atoms with Crippen LogP contribution in [0.25, 0.3) is 11.2 Å². The van der Waals surface area contributed by atoms with Crippen molar-refractivity contribution in [2.75, 3.05) is 35.0 Å². The summed E-state index contributed by atoms with van der Waals surface area (Å²) >= 11 is 0. The summed E-state index contributed by atoms with van der Waals surface area (Å²) in [5.41, 5.74) is -0.545. The van der Waals surface area contributed by atoms with Crippen molar-refractivity contribution in [3.63, 3.8) is 0 Å². The summed E-state index contributed by atoms with van der Waals surface area (Å²) in [4.78, 5) is 55.6. The first-order valence-electron chi connectivity index (χ1n) is 12.6. The number of hydrogen-bond acceptors (Lipinski definition) is 11. The Labute approximate surface area is 239 Å². The molecule has 0 bridgehead atoms. The highest BCUT2D eigenvalue weighted by molar-refractivity contribution is 5.91. The first-order valence-corrected chi connectivity index (χ1v) is 12.6. The number of fused-ring (bicyclic) bond motifs is 1. The second-order valence-corrected chi connectivity index (χ2v) is 9.04. The Morgan fingerprint density at radius 1 is 0.786 bits per heavy atom. The maximum Gasteiger partial charge on any atom is 0.338 e. The number of aryl methyl sites for hydroxylation is 1. The van der Waals surface area contributed by atoms with Gasteiger partial charge in [0.15, 0.2) is 40.3 Å². The second-order valence-electron chi connectivity index (χ2n) is 9.04. The maximum absolute atomic E-state index is 13.2. The van der Waals surface area contributed by atoms with E-state index in [0.717, 1.165) is 4.57 Å². The molecule has 4 aromatic rings. The molecule has 14 heteroatoms. The van der Waals surface area contributed by atoms with E-state index in [1.54, 1.807) is 12.1 Å². The molecule has 2 aromatic heterocycles. The van der Waals surface area contributed by atoms with E-state index in [1.165, 1.54) is 82.3 Å². The molecule has 0 spiro atoms. The van der Waals surface area contributed by atoms with Crippen LogP contribution in [-0.2, 0) is 30.1 Å². The summed E-state index contributed by atoms with van der Waals surface area (Å²) in [7, 11) is 8.64. The fourth-order valence-corrected chi connectivity index (χ4v) is 4.28. The van der Waals surface area contributed by atoms with Gasteiger partial charge in [-0.15, -0.1) is 0 Å². The normalized spacial score (nSPS) is 11.6. The van der Waals surface area contributed by atoms with Crippen molar-refractivity contribution in [2.24, 2.45) is 14.1 Å². The molecule has 0 aliphatic rings. The molecule has 4 rings (SSSR count). The number of imidazole rings is 1. The summed E-state index contributed by atoms with van der Waals surface area (Å²) in [5, 5.41) is 0. The van der Waals surface area contributed by atoms with Gasteiger partial charge in [0.25, 0.3) is 5.56 Å². The fourth-order valence-electron chi connectivity index (χ4n) is 4.28. The molecule has 14 nitrogen and oxygen atoms in total. The summed E-state index contributed by atoms with van der Waals surface area (Å²) in [6, 6.07) is 9.01. The quantitative estimate of drug-likeness (QED) is 0.237. The number of carbonyl (C=O) groups excluding carboxylic acids is 2. The average molecular weight is 583 g/mol. The van der Waals surface area contributed by atoms with Gasteiger partial charge in [-0.3, -0.25) is 13.9 Å². The van der Waals surface area contributed by atoms with Gasteiger partial charge >= 0.3 is 17.6 Å². The minimum Gasteiger partial charge on any atom is -0.493 e. The Balaban J connectivity index is 1.64. The van der Waals surface area contributed by atoms with Gasteiger partial charge in [0.2, 0.25) is 0 Å².